The lowest BCUT2D eigenvalue weighted by Crippen LogP contribution is -2.22. The van der Waals surface area contributed by atoms with Crippen LogP contribution in [0.2, 0.25) is 5.02 Å². The number of carbonyl (C=O) groups excluding carboxylic acids is 1. The Bertz CT molecular complexity index is 669. The second kappa shape index (κ2) is 7.18. The molecule has 22 heavy (non-hydrogen) atoms. The quantitative estimate of drug-likeness (QED) is 0.875. The maximum atomic E-state index is 12.1. The minimum Gasteiger partial charge on any atom is -0.495 e. The summed E-state index contributed by atoms with van der Waals surface area (Å²) in [5.74, 6) is 0.389. The molecule has 0 aliphatic carbocycles. The first-order valence-electron chi connectivity index (χ1n) is 6.94. The fourth-order valence-electron chi connectivity index (χ4n) is 1.98. The second-order valence-corrected chi connectivity index (χ2v) is 5.48. The zero-order valence-electron chi connectivity index (χ0n) is 12.9. The van der Waals surface area contributed by atoms with Crippen LogP contribution >= 0.6 is 11.6 Å². The van der Waals surface area contributed by atoms with Crippen molar-refractivity contribution in [1.82, 2.24) is 0 Å². The number of amides is 1. The number of rotatable bonds is 5. The molecule has 0 aromatic heterocycles. The van der Waals surface area contributed by atoms with Crippen molar-refractivity contribution < 1.29 is 9.53 Å². The van der Waals surface area contributed by atoms with E-state index in [0.717, 1.165) is 11.3 Å². The predicted molar refractivity (Wildman–Crippen MR) is 91.0 cm³/mol. The average molecular weight is 319 g/mol. The van der Waals surface area contributed by atoms with Gasteiger partial charge in [-0.3, -0.25) is 4.79 Å². The molecule has 0 bridgehead atoms. The molecule has 0 radical (unpaired) electrons. The van der Waals surface area contributed by atoms with Crippen molar-refractivity contribution in [3.05, 3.63) is 52.5 Å². The van der Waals surface area contributed by atoms with Crippen molar-refractivity contribution >= 4 is 28.9 Å². The Morgan fingerprint density at radius 1 is 1.18 bits per heavy atom. The van der Waals surface area contributed by atoms with Gasteiger partial charge in [0.1, 0.15) is 5.75 Å². The predicted octanol–water partition coefficient (Wildman–Crippen LogP) is 4.02. The zero-order chi connectivity index (χ0) is 16.1. The molecule has 5 heteroatoms. The van der Waals surface area contributed by atoms with E-state index in [-0.39, 0.29) is 12.5 Å². The Morgan fingerprint density at radius 2 is 1.86 bits per heavy atom. The molecule has 0 aliphatic rings. The molecule has 0 atom stereocenters. The standard InChI is InChI=1S/C17H19ClN2O2/c1-11-4-6-13(7-5-11)19-10-17(21)20-15-8-12(2)14(18)9-16(15)22-3/h4-9,19H,10H2,1-3H3,(H,20,21). The third-order valence-corrected chi connectivity index (χ3v) is 3.67. The van der Waals surface area contributed by atoms with Gasteiger partial charge in [0.05, 0.1) is 19.3 Å². The monoisotopic (exact) mass is 318 g/mol. The number of hydrogen-bond acceptors (Lipinski definition) is 3. The molecule has 0 heterocycles. The van der Waals surface area contributed by atoms with Gasteiger partial charge in [-0.05, 0) is 37.6 Å². The summed E-state index contributed by atoms with van der Waals surface area (Å²) in [5.41, 5.74) is 3.57. The topological polar surface area (TPSA) is 50.4 Å². The molecule has 0 fully saturated rings. The highest BCUT2D eigenvalue weighted by Gasteiger charge is 2.10. The number of benzene rings is 2. The molecule has 0 aliphatic heterocycles. The Labute approximate surface area is 135 Å². The van der Waals surface area contributed by atoms with Crippen LogP contribution in [0.4, 0.5) is 11.4 Å². The van der Waals surface area contributed by atoms with E-state index >= 15 is 0 Å². The van der Waals surface area contributed by atoms with Gasteiger partial charge in [-0.2, -0.15) is 0 Å². The molecule has 0 spiro atoms. The molecule has 4 nitrogen and oxygen atoms in total. The van der Waals surface area contributed by atoms with Crippen LogP contribution in [-0.4, -0.2) is 19.6 Å². The third-order valence-electron chi connectivity index (χ3n) is 3.26. The van der Waals surface area contributed by atoms with Crippen molar-refractivity contribution in [3.63, 3.8) is 0 Å². The fourth-order valence-corrected chi connectivity index (χ4v) is 2.13. The molecule has 0 unspecified atom stereocenters. The average Bonchev–Trinajstić information content (AvgIpc) is 2.50. The lowest BCUT2D eigenvalue weighted by molar-refractivity contribution is -0.114. The summed E-state index contributed by atoms with van der Waals surface area (Å²) in [4.78, 5) is 12.1. The van der Waals surface area contributed by atoms with Crippen LogP contribution in [0.15, 0.2) is 36.4 Å². The second-order valence-electron chi connectivity index (χ2n) is 5.07. The molecule has 2 rings (SSSR count). The first kappa shape index (κ1) is 16.2. The number of hydrogen-bond donors (Lipinski definition) is 2. The lowest BCUT2D eigenvalue weighted by Gasteiger charge is -2.13. The Morgan fingerprint density at radius 3 is 2.50 bits per heavy atom. The Hall–Kier alpha value is -2.20. The van der Waals surface area contributed by atoms with E-state index in [1.54, 1.807) is 19.2 Å². The minimum atomic E-state index is -0.152. The number of carbonyl (C=O) groups is 1. The van der Waals surface area contributed by atoms with Gasteiger partial charge in [0.2, 0.25) is 5.91 Å². The van der Waals surface area contributed by atoms with E-state index in [1.165, 1.54) is 5.56 Å². The number of nitrogens with one attached hydrogen (secondary N) is 2. The van der Waals surface area contributed by atoms with E-state index in [1.807, 2.05) is 38.1 Å². The summed E-state index contributed by atoms with van der Waals surface area (Å²) in [7, 11) is 1.54. The van der Waals surface area contributed by atoms with Crippen LogP contribution in [0.5, 0.6) is 5.75 Å². The van der Waals surface area contributed by atoms with Gasteiger partial charge in [0.25, 0.3) is 0 Å². The Kier molecular flexibility index (Phi) is 5.28. The largest absolute Gasteiger partial charge is 0.495 e. The first-order chi connectivity index (χ1) is 10.5. The van der Waals surface area contributed by atoms with Gasteiger partial charge in [-0.15, -0.1) is 0 Å². The fraction of sp³-hybridized carbons (Fsp3) is 0.235. The minimum absolute atomic E-state index is 0.152. The number of halogens is 1. The van der Waals surface area contributed by atoms with E-state index in [9.17, 15) is 4.79 Å². The van der Waals surface area contributed by atoms with Gasteiger partial charge < -0.3 is 15.4 Å². The van der Waals surface area contributed by atoms with E-state index in [2.05, 4.69) is 10.6 Å². The normalized spacial score (nSPS) is 10.2. The Balaban J connectivity index is 2.00. The van der Waals surface area contributed by atoms with Crippen molar-refractivity contribution in [2.24, 2.45) is 0 Å². The number of ether oxygens (including phenoxy) is 1. The van der Waals surface area contributed by atoms with Crippen LogP contribution in [-0.2, 0) is 4.79 Å². The van der Waals surface area contributed by atoms with Gasteiger partial charge in [0, 0.05) is 16.8 Å². The third kappa shape index (κ3) is 4.15. The molecule has 0 saturated heterocycles. The number of anilines is 2. The molecule has 1 amide bonds. The maximum absolute atomic E-state index is 12.1. The summed E-state index contributed by atoms with van der Waals surface area (Å²) in [5, 5.41) is 6.51. The van der Waals surface area contributed by atoms with Gasteiger partial charge in [-0.1, -0.05) is 29.3 Å². The van der Waals surface area contributed by atoms with Crippen LogP contribution in [0.25, 0.3) is 0 Å². The van der Waals surface area contributed by atoms with Crippen LogP contribution in [0, 0.1) is 13.8 Å². The lowest BCUT2D eigenvalue weighted by atomic mass is 10.2. The van der Waals surface area contributed by atoms with E-state index in [0.29, 0.717) is 16.5 Å². The van der Waals surface area contributed by atoms with E-state index < -0.39 is 0 Å². The molecular formula is C17H19ClN2O2. The first-order valence-corrected chi connectivity index (χ1v) is 7.32. The van der Waals surface area contributed by atoms with Gasteiger partial charge in [-0.25, -0.2) is 0 Å². The van der Waals surface area contributed by atoms with Crippen LogP contribution < -0.4 is 15.4 Å². The maximum Gasteiger partial charge on any atom is 0.243 e. The molecule has 0 saturated carbocycles. The summed E-state index contributed by atoms with van der Waals surface area (Å²) in [6.07, 6.45) is 0. The summed E-state index contributed by atoms with van der Waals surface area (Å²) < 4.78 is 5.24. The zero-order valence-corrected chi connectivity index (χ0v) is 13.6. The van der Waals surface area contributed by atoms with Crippen LogP contribution in [0.3, 0.4) is 0 Å². The molecular weight excluding hydrogens is 300 g/mol. The van der Waals surface area contributed by atoms with Crippen molar-refractivity contribution in [3.8, 4) is 5.75 Å². The smallest absolute Gasteiger partial charge is 0.243 e. The van der Waals surface area contributed by atoms with Crippen LogP contribution in [0.1, 0.15) is 11.1 Å². The number of aryl methyl sites for hydroxylation is 2. The van der Waals surface area contributed by atoms with Crippen molar-refractivity contribution in [2.45, 2.75) is 13.8 Å². The summed E-state index contributed by atoms with van der Waals surface area (Å²) in [6, 6.07) is 11.4. The summed E-state index contributed by atoms with van der Waals surface area (Å²) >= 11 is 6.05. The van der Waals surface area contributed by atoms with E-state index in [4.69, 9.17) is 16.3 Å². The van der Waals surface area contributed by atoms with Gasteiger partial charge in [0.15, 0.2) is 0 Å². The highest BCUT2D eigenvalue weighted by atomic mass is 35.5. The molecule has 2 aromatic rings. The summed E-state index contributed by atoms with van der Waals surface area (Å²) in [6.45, 7) is 4.07. The van der Waals surface area contributed by atoms with Crippen molar-refractivity contribution in [1.29, 1.82) is 0 Å². The SMILES string of the molecule is COc1cc(Cl)c(C)cc1NC(=O)CNc1ccc(C)cc1. The number of methoxy groups -OCH3 is 1. The highest BCUT2D eigenvalue weighted by molar-refractivity contribution is 6.31. The van der Waals surface area contributed by atoms with Crippen molar-refractivity contribution in [2.75, 3.05) is 24.3 Å². The highest BCUT2D eigenvalue weighted by Crippen LogP contribution is 2.30. The molecule has 2 N–H and O–H groups in total. The van der Waals surface area contributed by atoms with Gasteiger partial charge >= 0.3 is 0 Å². The molecule has 2 aromatic carbocycles. The molecule has 116 valence electrons.